The van der Waals surface area contributed by atoms with E-state index in [9.17, 15) is 13.2 Å². The van der Waals surface area contributed by atoms with Crippen molar-refractivity contribution in [2.75, 3.05) is 10.8 Å². The van der Waals surface area contributed by atoms with Crippen molar-refractivity contribution in [2.24, 2.45) is 0 Å². The second-order valence-electron chi connectivity index (χ2n) is 8.33. The molecule has 3 aromatic carbocycles. The zero-order valence-corrected chi connectivity index (χ0v) is 19.2. The van der Waals surface area contributed by atoms with Crippen LogP contribution in [0.3, 0.4) is 0 Å². The van der Waals surface area contributed by atoms with E-state index in [0.717, 1.165) is 24.0 Å². The molecule has 0 fully saturated rings. The number of nitrogens with one attached hydrogen (secondary N) is 1. The first-order chi connectivity index (χ1) is 15.3. The summed E-state index contributed by atoms with van der Waals surface area (Å²) >= 11 is 0. The smallest absolute Gasteiger partial charge is 0.264 e. The molecule has 1 aliphatic carbocycles. The van der Waals surface area contributed by atoms with Crippen LogP contribution in [0.25, 0.3) is 0 Å². The Hall–Kier alpha value is -3.12. The minimum Gasteiger partial charge on any atom is -0.348 e. The molecule has 0 saturated heterocycles. The van der Waals surface area contributed by atoms with Crippen LogP contribution in [0, 0.1) is 6.92 Å². The van der Waals surface area contributed by atoms with Gasteiger partial charge in [-0.05, 0) is 74.1 Å². The zero-order valence-electron chi connectivity index (χ0n) is 18.4. The molecule has 0 bridgehead atoms. The lowest BCUT2D eigenvalue weighted by molar-refractivity contribution is -0.120. The van der Waals surface area contributed by atoms with E-state index in [-0.39, 0.29) is 23.4 Å². The first-order valence-electron chi connectivity index (χ1n) is 10.9. The minimum absolute atomic E-state index is 0.159. The summed E-state index contributed by atoms with van der Waals surface area (Å²) in [5, 5.41) is 2.98. The van der Waals surface area contributed by atoms with Crippen LogP contribution < -0.4 is 9.62 Å². The van der Waals surface area contributed by atoms with Gasteiger partial charge in [0.1, 0.15) is 6.54 Å². The summed E-state index contributed by atoms with van der Waals surface area (Å²) in [5.41, 5.74) is 5.18. The molecule has 1 atom stereocenters. The molecule has 166 valence electrons. The van der Waals surface area contributed by atoms with Crippen molar-refractivity contribution in [3.8, 4) is 0 Å². The molecule has 0 radical (unpaired) electrons. The number of rotatable bonds is 7. The highest BCUT2D eigenvalue weighted by Crippen LogP contribution is 2.26. The summed E-state index contributed by atoms with van der Waals surface area (Å²) in [4.78, 5) is 13.1. The molecule has 0 aromatic heterocycles. The highest BCUT2D eigenvalue weighted by Gasteiger charge is 2.27. The van der Waals surface area contributed by atoms with E-state index in [0.29, 0.717) is 5.69 Å². The Kier molecular flexibility index (Phi) is 6.33. The van der Waals surface area contributed by atoms with Crippen LogP contribution >= 0.6 is 0 Å². The predicted molar refractivity (Wildman–Crippen MR) is 127 cm³/mol. The molecular formula is C26H28N2O3S. The van der Waals surface area contributed by atoms with E-state index >= 15 is 0 Å². The molecule has 0 heterocycles. The number of hydrogen-bond acceptors (Lipinski definition) is 3. The van der Waals surface area contributed by atoms with Crippen LogP contribution in [0.15, 0.2) is 77.7 Å². The van der Waals surface area contributed by atoms with Gasteiger partial charge in [-0.15, -0.1) is 0 Å². The maximum absolute atomic E-state index is 13.4. The molecule has 1 N–H and O–H groups in total. The summed E-state index contributed by atoms with van der Waals surface area (Å²) in [7, 11) is -3.90. The van der Waals surface area contributed by atoms with Crippen LogP contribution in [0.1, 0.15) is 41.6 Å². The Labute approximate surface area is 190 Å². The van der Waals surface area contributed by atoms with Crippen LogP contribution in [0.2, 0.25) is 0 Å². The van der Waals surface area contributed by atoms with Crippen molar-refractivity contribution in [2.45, 2.75) is 44.0 Å². The molecule has 0 unspecified atom stereocenters. The van der Waals surface area contributed by atoms with Gasteiger partial charge in [-0.3, -0.25) is 9.10 Å². The molecule has 1 amide bonds. The Morgan fingerprint density at radius 1 is 0.969 bits per heavy atom. The van der Waals surface area contributed by atoms with Gasteiger partial charge in [-0.1, -0.05) is 54.1 Å². The van der Waals surface area contributed by atoms with Crippen LogP contribution in [-0.2, 0) is 27.7 Å². The topological polar surface area (TPSA) is 66.5 Å². The minimum atomic E-state index is -3.90. The van der Waals surface area contributed by atoms with Crippen LogP contribution in [0.4, 0.5) is 5.69 Å². The number of anilines is 1. The standard InChI is InChI=1S/C26H28N2O3S/c1-19-11-15-25(16-12-19)32(30,31)28(24-9-4-3-5-10-24)18-26(29)27-20(2)22-14-13-21-7-6-8-23(21)17-22/h3-5,9-17,20H,6-8,18H2,1-2H3,(H,27,29)/t20-/m0/s1. The lowest BCUT2D eigenvalue weighted by Gasteiger charge is -2.25. The van der Waals surface area contributed by atoms with Crippen molar-refractivity contribution < 1.29 is 13.2 Å². The average Bonchev–Trinajstić information content (AvgIpc) is 3.26. The van der Waals surface area contributed by atoms with Gasteiger partial charge in [0.2, 0.25) is 5.91 Å². The van der Waals surface area contributed by atoms with Gasteiger partial charge < -0.3 is 5.32 Å². The van der Waals surface area contributed by atoms with Gasteiger partial charge >= 0.3 is 0 Å². The zero-order chi connectivity index (χ0) is 22.7. The normalized spacial score (nSPS) is 13.9. The number of carbonyl (C=O) groups is 1. The van der Waals surface area contributed by atoms with Gasteiger partial charge in [-0.25, -0.2) is 8.42 Å². The summed E-state index contributed by atoms with van der Waals surface area (Å²) < 4.78 is 28.0. The summed E-state index contributed by atoms with van der Waals surface area (Å²) in [6.07, 6.45) is 3.35. The predicted octanol–water partition coefficient (Wildman–Crippen LogP) is 4.56. The SMILES string of the molecule is Cc1ccc(S(=O)(=O)N(CC(=O)N[C@@H](C)c2ccc3c(c2)CCC3)c2ccccc2)cc1. The lowest BCUT2D eigenvalue weighted by Crippen LogP contribution is -2.41. The molecule has 3 aromatic rings. The fourth-order valence-electron chi connectivity index (χ4n) is 4.11. The number of amides is 1. The van der Waals surface area contributed by atoms with Crippen LogP contribution in [-0.4, -0.2) is 20.9 Å². The second-order valence-corrected chi connectivity index (χ2v) is 10.2. The molecule has 6 heteroatoms. The summed E-state index contributed by atoms with van der Waals surface area (Å²) in [6.45, 7) is 3.53. The van der Waals surface area contributed by atoms with Crippen molar-refractivity contribution in [1.82, 2.24) is 5.32 Å². The number of fused-ring (bicyclic) bond motifs is 1. The Balaban J connectivity index is 1.56. The Morgan fingerprint density at radius 3 is 2.38 bits per heavy atom. The third-order valence-corrected chi connectivity index (χ3v) is 7.73. The lowest BCUT2D eigenvalue weighted by atomic mass is 10.0. The molecular weight excluding hydrogens is 420 g/mol. The maximum Gasteiger partial charge on any atom is 0.264 e. The molecule has 0 aliphatic heterocycles. The van der Waals surface area contributed by atoms with E-state index in [1.165, 1.54) is 21.9 Å². The highest BCUT2D eigenvalue weighted by atomic mass is 32.2. The fourth-order valence-corrected chi connectivity index (χ4v) is 5.53. The number of sulfonamides is 1. The van der Waals surface area contributed by atoms with Crippen molar-refractivity contribution in [3.05, 3.63) is 95.1 Å². The largest absolute Gasteiger partial charge is 0.348 e. The number of carbonyl (C=O) groups excluding carboxylic acids is 1. The van der Waals surface area contributed by atoms with Gasteiger partial charge in [0, 0.05) is 0 Å². The highest BCUT2D eigenvalue weighted by molar-refractivity contribution is 7.92. The number of benzene rings is 3. The van der Waals surface area contributed by atoms with Crippen molar-refractivity contribution in [3.63, 3.8) is 0 Å². The Bertz CT molecular complexity index is 1210. The number of aryl methyl sites for hydroxylation is 3. The third-order valence-electron chi connectivity index (χ3n) is 5.94. The third kappa shape index (κ3) is 4.70. The second kappa shape index (κ2) is 9.17. The van der Waals surface area contributed by atoms with Crippen molar-refractivity contribution in [1.29, 1.82) is 0 Å². The van der Waals surface area contributed by atoms with Gasteiger partial charge in [0.15, 0.2) is 0 Å². The molecule has 4 rings (SSSR count). The average molecular weight is 449 g/mol. The maximum atomic E-state index is 13.4. The van der Waals surface area contributed by atoms with E-state index in [4.69, 9.17) is 0 Å². The Morgan fingerprint density at radius 2 is 1.66 bits per heavy atom. The molecule has 1 aliphatic rings. The fraction of sp³-hybridized carbons (Fsp3) is 0.269. The van der Waals surface area contributed by atoms with Crippen LogP contribution in [0.5, 0.6) is 0 Å². The monoisotopic (exact) mass is 448 g/mol. The molecule has 32 heavy (non-hydrogen) atoms. The summed E-state index contributed by atoms with van der Waals surface area (Å²) in [6, 6.07) is 21.5. The van der Waals surface area contributed by atoms with Gasteiger partial charge in [-0.2, -0.15) is 0 Å². The van der Waals surface area contributed by atoms with E-state index in [1.807, 2.05) is 26.0 Å². The van der Waals surface area contributed by atoms with Gasteiger partial charge in [0.25, 0.3) is 10.0 Å². The van der Waals surface area contributed by atoms with E-state index in [1.54, 1.807) is 48.5 Å². The number of para-hydroxylation sites is 1. The van der Waals surface area contributed by atoms with E-state index in [2.05, 4.69) is 17.4 Å². The van der Waals surface area contributed by atoms with Crippen molar-refractivity contribution >= 4 is 21.6 Å². The molecule has 0 spiro atoms. The van der Waals surface area contributed by atoms with E-state index < -0.39 is 10.0 Å². The first-order valence-corrected chi connectivity index (χ1v) is 12.3. The summed E-state index contributed by atoms with van der Waals surface area (Å²) in [5.74, 6) is -0.350. The van der Waals surface area contributed by atoms with Gasteiger partial charge in [0.05, 0.1) is 16.6 Å². The quantitative estimate of drug-likeness (QED) is 0.576. The molecule has 0 saturated carbocycles. The molecule has 5 nitrogen and oxygen atoms in total. The number of nitrogens with zero attached hydrogens (tertiary/aromatic N) is 1. The number of hydrogen-bond donors (Lipinski definition) is 1. The first kappa shape index (κ1) is 22.1.